The van der Waals surface area contributed by atoms with Crippen LogP contribution in [0, 0.1) is 5.92 Å². The highest BCUT2D eigenvalue weighted by Crippen LogP contribution is 2.47. The van der Waals surface area contributed by atoms with Crippen LogP contribution in [-0.4, -0.2) is 16.9 Å². The summed E-state index contributed by atoms with van der Waals surface area (Å²) in [5.41, 5.74) is 1.75. The fourth-order valence-corrected chi connectivity index (χ4v) is 2.94. The first kappa shape index (κ1) is 13.6. The van der Waals surface area contributed by atoms with E-state index in [1.165, 1.54) is 6.42 Å². The first-order chi connectivity index (χ1) is 10.7. The molecular formula is C18H20N2O2. The largest absolute Gasteiger partial charge is 0.464 e. The second-order valence-electron chi connectivity index (χ2n) is 6.37. The van der Waals surface area contributed by atoms with Crippen LogP contribution in [0.25, 0.3) is 11.1 Å². The zero-order chi connectivity index (χ0) is 15.1. The molecule has 4 heteroatoms. The van der Waals surface area contributed by atoms with Crippen molar-refractivity contribution in [2.45, 2.75) is 32.4 Å². The molecule has 4 rings (SSSR count). The first-order valence-corrected chi connectivity index (χ1v) is 7.80. The van der Waals surface area contributed by atoms with E-state index in [1.807, 2.05) is 24.3 Å². The number of nitrogens with zero attached hydrogens (tertiary/aromatic N) is 2. The molecule has 0 aliphatic heterocycles. The summed E-state index contributed by atoms with van der Waals surface area (Å²) in [5, 5.41) is 0. The molecule has 114 valence electrons. The molecule has 2 aromatic heterocycles. The van der Waals surface area contributed by atoms with Gasteiger partial charge >= 0.3 is 0 Å². The van der Waals surface area contributed by atoms with E-state index in [0.29, 0.717) is 12.5 Å². The van der Waals surface area contributed by atoms with Crippen LogP contribution in [0.4, 0.5) is 0 Å². The number of aromatic nitrogens is 1. The average molecular weight is 296 g/mol. The van der Waals surface area contributed by atoms with Crippen molar-refractivity contribution >= 4 is 11.1 Å². The van der Waals surface area contributed by atoms with Crippen molar-refractivity contribution in [3.63, 3.8) is 0 Å². The van der Waals surface area contributed by atoms with E-state index >= 15 is 0 Å². The highest BCUT2D eigenvalue weighted by Gasteiger charge is 2.36. The number of hydrogen-bond donors (Lipinski definition) is 0. The van der Waals surface area contributed by atoms with Gasteiger partial charge in [0.2, 0.25) is 5.89 Å². The van der Waals surface area contributed by atoms with E-state index in [1.54, 1.807) is 0 Å². The van der Waals surface area contributed by atoms with Gasteiger partial charge in [-0.1, -0.05) is 19.1 Å². The number of hydrogen-bond acceptors (Lipinski definition) is 4. The Morgan fingerprint density at radius 3 is 2.73 bits per heavy atom. The fraction of sp³-hybridized carbons (Fsp3) is 0.389. The molecule has 0 unspecified atom stereocenters. The summed E-state index contributed by atoms with van der Waals surface area (Å²) in [6.07, 6.45) is 1.26. The Labute approximate surface area is 129 Å². The lowest BCUT2D eigenvalue weighted by atomic mass is 10.3. The van der Waals surface area contributed by atoms with Gasteiger partial charge in [0, 0.05) is 5.92 Å². The normalized spacial score (nSPS) is 20.9. The molecule has 3 aromatic rings. The van der Waals surface area contributed by atoms with Gasteiger partial charge in [-0.25, -0.2) is 4.98 Å². The van der Waals surface area contributed by atoms with Gasteiger partial charge < -0.3 is 8.83 Å². The second kappa shape index (κ2) is 5.29. The van der Waals surface area contributed by atoms with Gasteiger partial charge in [0.05, 0.1) is 13.1 Å². The van der Waals surface area contributed by atoms with Crippen LogP contribution in [0.5, 0.6) is 0 Å². The Bertz CT molecular complexity index is 756. The minimum atomic E-state index is 0.635. The van der Waals surface area contributed by atoms with E-state index in [4.69, 9.17) is 8.83 Å². The molecule has 1 aliphatic carbocycles. The monoisotopic (exact) mass is 296 g/mol. The van der Waals surface area contributed by atoms with Gasteiger partial charge in [0.25, 0.3) is 0 Å². The highest BCUT2D eigenvalue weighted by atomic mass is 16.4. The molecule has 0 saturated heterocycles. The molecule has 1 aliphatic rings. The van der Waals surface area contributed by atoms with Gasteiger partial charge in [-0.05, 0) is 43.7 Å². The first-order valence-electron chi connectivity index (χ1n) is 7.80. The molecule has 0 bridgehead atoms. The predicted octanol–water partition coefficient (Wildman–Crippen LogP) is 4.18. The zero-order valence-corrected chi connectivity index (χ0v) is 13.0. The quantitative estimate of drug-likeness (QED) is 0.708. The van der Waals surface area contributed by atoms with Crippen LogP contribution in [0.1, 0.15) is 36.7 Å². The average Bonchev–Trinajstić information content (AvgIpc) is 2.89. The maximum Gasteiger partial charge on any atom is 0.209 e. The molecule has 0 N–H and O–H groups in total. The minimum absolute atomic E-state index is 0.635. The Kier molecular flexibility index (Phi) is 3.26. The van der Waals surface area contributed by atoms with Crippen LogP contribution in [-0.2, 0) is 13.1 Å². The lowest BCUT2D eigenvalue weighted by Gasteiger charge is -2.12. The smallest absolute Gasteiger partial charge is 0.209 e. The summed E-state index contributed by atoms with van der Waals surface area (Å²) in [6, 6.07) is 12.1. The Morgan fingerprint density at radius 1 is 1.14 bits per heavy atom. The van der Waals surface area contributed by atoms with Crippen molar-refractivity contribution in [1.82, 2.24) is 9.88 Å². The van der Waals surface area contributed by atoms with E-state index in [-0.39, 0.29) is 0 Å². The number of fused-ring (bicyclic) bond motifs is 1. The van der Waals surface area contributed by atoms with Crippen LogP contribution in [0.15, 0.2) is 45.2 Å². The van der Waals surface area contributed by atoms with Crippen molar-refractivity contribution in [2.24, 2.45) is 5.92 Å². The minimum Gasteiger partial charge on any atom is -0.464 e. The fourth-order valence-electron chi connectivity index (χ4n) is 2.94. The van der Waals surface area contributed by atoms with Gasteiger partial charge in [-0.2, -0.15) is 0 Å². The van der Waals surface area contributed by atoms with Crippen LogP contribution >= 0.6 is 0 Å². The topological polar surface area (TPSA) is 42.4 Å². The predicted molar refractivity (Wildman–Crippen MR) is 84.4 cm³/mol. The third-order valence-corrected chi connectivity index (χ3v) is 4.33. The summed E-state index contributed by atoms with van der Waals surface area (Å²) in [4.78, 5) is 6.67. The molecule has 2 heterocycles. The molecule has 1 aromatic carbocycles. The van der Waals surface area contributed by atoms with Crippen LogP contribution in [0.2, 0.25) is 0 Å². The van der Waals surface area contributed by atoms with E-state index in [2.05, 4.69) is 36.0 Å². The number of para-hydroxylation sites is 2. The lowest BCUT2D eigenvalue weighted by Crippen LogP contribution is -2.17. The Morgan fingerprint density at radius 2 is 1.95 bits per heavy atom. The maximum atomic E-state index is 5.95. The van der Waals surface area contributed by atoms with Crippen molar-refractivity contribution in [2.75, 3.05) is 7.05 Å². The molecule has 1 fully saturated rings. The van der Waals surface area contributed by atoms with Crippen molar-refractivity contribution in [3.8, 4) is 0 Å². The zero-order valence-electron chi connectivity index (χ0n) is 13.0. The van der Waals surface area contributed by atoms with Gasteiger partial charge in [0.1, 0.15) is 17.0 Å². The molecule has 0 amide bonds. The molecular weight excluding hydrogens is 276 g/mol. The number of rotatable bonds is 5. The van der Waals surface area contributed by atoms with Gasteiger partial charge in [-0.3, -0.25) is 4.90 Å². The van der Waals surface area contributed by atoms with Gasteiger partial charge in [-0.15, -0.1) is 0 Å². The van der Waals surface area contributed by atoms with Crippen LogP contribution < -0.4 is 0 Å². The van der Waals surface area contributed by atoms with E-state index in [0.717, 1.165) is 41.0 Å². The SMILES string of the molecule is C[C@H]1C[C@H]1c1ccc(CN(C)Cc2nc3ccccc3o2)o1. The van der Waals surface area contributed by atoms with E-state index < -0.39 is 0 Å². The Balaban J connectivity index is 1.41. The summed E-state index contributed by atoms with van der Waals surface area (Å²) in [5.74, 6) is 4.30. The van der Waals surface area contributed by atoms with Crippen molar-refractivity contribution in [3.05, 3.63) is 53.8 Å². The standard InChI is InChI=1S/C18H20N2O2/c1-12-9-14(12)16-8-7-13(21-16)10-20(2)11-18-19-15-5-3-4-6-17(15)22-18/h3-8,12,14H,9-11H2,1-2H3/t12-,14+/m0/s1. The van der Waals surface area contributed by atoms with E-state index in [9.17, 15) is 0 Å². The summed E-state index contributed by atoms with van der Waals surface area (Å²) in [6.45, 7) is 3.70. The number of benzene rings is 1. The molecule has 0 spiro atoms. The van der Waals surface area contributed by atoms with Gasteiger partial charge in [0.15, 0.2) is 5.58 Å². The number of furan rings is 1. The molecule has 2 atom stereocenters. The van der Waals surface area contributed by atoms with Crippen molar-refractivity contribution < 1.29 is 8.83 Å². The van der Waals surface area contributed by atoms with Crippen LogP contribution in [0.3, 0.4) is 0 Å². The number of oxazole rings is 1. The maximum absolute atomic E-state index is 5.95. The second-order valence-corrected chi connectivity index (χ2v) is 6.37. The molecule has 1 saturated carbocycles. The lowest BCUT2D eigenvalue weighted by molar-refractivity contribution is 0.259. The third-order valence-electron chi connectivity index (χ3n) is 4.33. The summed E-state index contributed by atoms with van der Waals surface area (Å²) >= 11 is 0. The molecule has 0 radical (unpaired) electrons. The summed E-state index contributed by atoms with van der Waals surface area (Å²) < 4.78 is 11.7. The molecule has 4 nitrogen and oxygen atoms in total. The van der Waals surface area contributed by atoms with Crippen molar-refractivity contribution in [1.29, 1.82) is 0 Å². The summed E-state index contributed by atoms with van der Waals surface area (Å²) in [7, 11) is 2.05. The highest BCUT2D eigenvalue weighted by molar-refractivity contribution is 5.72. The Hall–Kier alpha value is -2.07. The molecule has 22 heavy (non-hydrogen) atoms. The third kappa shape index (κ3) is 2.66.